The number of rotatable bonds is 3. The Morgan fingerprint density at radius 3 is 2.08 bits per heavy atom. The van der Waals surface area contributed by atoms with Crippen LogP contribution in [-0.4, -0.2) is 4.92 Å². The second-order valence-corrected chi connectivity index (χ2v) is 5.68. The summed E-state index contributed by atoms with van der Waals surface area (Å²) in [7, 11) is 0. The third-order valence-corrected chi connectivity index (χ3v) is 3.45. The average molecular weight is 433 g/mol. The molecule has 0 heterocycles. The van der Waals surface area contributed by atoms with Crippen molar-refractivity contribution in [2.24, 2.45) is 0 Å². The van der Waals surface area contributed by atoms with Crippen LogP contribution < -0.4 is 4.74 Å². The maximum Gasteiger partial charge on any atom is 0.416 e. The van der Waals surface area contributed by atoms with Crippen molar-refractivity contribution in [3.8, 4) is 11.5 Å². The summed E-state index contributed by atoms with van der Waals surface area (Å²) in [6.45, 7) is 0. The van der Waals surface area contributed by atoms with Gasteiger partial charge < -0.3 is 4.74 Å². The summed E-state index contributed by atoms with van der Waals surface area (Å²) in [6.07, 6.45) is -4.97. The van der Waals surface area contributed by atoms with Gasteiger partial charge in [0.15, 0.2) is 17.4 Å². The molecule has 2 aromatic rings. The fourth-order valence-corrected chi connectivity index (χ4v) is 2.54. The van der Waals surface area contributed by atoms with E-state index in [9.17, 15) is 32.1 Å². The molecule has 128 valence electrons. The van der Waals surface area contributed by atoms with Crippen molar-refractivity contribution in [3.05, 3.63) is 61.1 Å². The Balaban J connectivity index is 2.56. The molecule has 0 saturated carbocycles. The molecule has 0 spiro atoms. The van der Waals surface area contributed by atoms with E-state index in [1.807, 2.05) is 0 Å². The summed E-state index contributed by atoms with van der Waals surface area (Å²) in [6, 6.07) is 2.14. The summed E-state index contributed by atoms with van der Waals surface area (Å²) in [5.74, 6) is -5.32. The molecule has 0 radical (unpaired) electrons. The topological polar surface area (TPSA) is 52.4 Å². The molecule has 0 aromatic heterocycles. The number of nitro groups is 1. The highest BCUT2D eigenvalue weighted by atomic mass is 79.9. The molecule has 4 nitrogen and oxygen atoms in total. The van der Waals surface area contributed by atoms with E-state index in [-0.39, 0.29) is 21.6 Å². The first kappa shape index (κ1) is 18.4. The molecular weight excluding hydrogens is 428 g/mol. The van der Waals surface area contributed by atoms with Crippen LogP contribution in [0.25, 0.3) is 0 Å². The zero-order chi connectivity index (χ0) is 18.2. The summed E-state index contributed by atoms with van der Waals surface area (Å²) < 4.78 is 70.0. The lowest BCUT2D eigenvalue weighted by Gasteiger charge is -2.12. The zero-order valence-corrected chi connectivity index (χ0v) is 13.5. The van der Waals surface area contributed by atoms with Gasteiger partial charge in [-0.3, -0.25) is 10.1 Å². The van der Waals surface area contributed by atoms with Gasteiger partial charge in [-0.2, -0.15) is 13.2 Å². The zero-order valence-electron chi connectivity index (χ0n) is 11.1. The van der Waals surface area contributed by atoms with Crippen LogP contribution in [0.4, 0.5) is 27.6 Å². The number of benzene rings is 2. The van der Waals surface area contributed by atoms with E-state index in [4.69, 9.17) is 16.3 Å². The predicted molar refractivity (Wildman–Crippen MR) is 77.2 cm³/mol. The van der Waals surface area contributed by atoms with Gasteiger partial charge in [-0.25, -0.2) is 8.78 Å². The molecule has 2 rings (SSSR count). The molecule has 24 heavy (non-hydrogen) atoms. The van der Waals surface area contributed by atoms with Gasteiger partial charge in [-0.1, -0.05) is 27.5 Å². The predicted octanol–water partition coefficient (Wildman–Crippen LogP) is 6.10. The lowest BCUT2D eigenvalue weighted by molar-refractivity contribution is -0.385. The first-order valence-corrected chi connectivity index (χ1v) is 7.05. The molecule has 0 aliphatic rings. The number of alkyl halides is 3. The van der Waals surface area contributed by atoms with Crippen molar-refractivity contribution in [1.29, 1.82) is 0 Å². The number of nitrogens with zero attached hydrogens (tertiary/aromatic N) is 1. The van der Waals surface area contributed by atoms with E-state index in [0.29, 0.717) is 0 Å². The van der Waals surface area contributed by atoms with E-state index in [2.05, 4.69) is 15.9 Å². The number of ether oxygens (including phenoxy) is 1. The summed E-state index contributed by atoms with van der Waals surface area (Å²) in [4.78, 5) is 10.1. The van der Waals surface area contributed by atoms with Gasteiger partial charge in [0.1, 0.15) is 0 Å². The Bertz CT molecular complexity index is 805. The molecule has 0 saturated heterocycles. The molecule has 0 unspecified atom stereocenters. The van der Waals surface area contributed by atoms with E-state index in [1.165, 1.54) is 0 Å². The minimum atomic E-state index is -4.97. The maximum atomic E-state index is 13.8. The van der Waals surface area contributed by atoms with Gasteiger partial charge >= 0.3 is 11.9 Å². The van der Waals surface area contributed by atoms with Crippen LogP contribution in [0, 0.1) is 21.7 Å². The molecule has 0 bridgehead atoms. The van der Waals surface area contributed by atoms with Gasteiger partial charge in [-0.15, -0.1) is 0 Å². The quantitative estimate of drug-likeness (QED) is 0.335. The first-order valence-electron chi connectivity index (χ1n) is 5.88. The molecule has 0 amide bonds. The summed E-state index contributed by atoms with van der Waals surface area (Å²) in [5, 5.41) is 10.6. The van der Waals surface area contributed by atoms with Crippen LogP contribution in [0.5, 0.6) is 11.5 Å². The third-order valence-electron chi connectivity index (χ3n) is 2.72. The van der Waals surface area contributed by atoms with Gasteiger partial charge in [0, 0.05) is 10.5 Å². The molecule has 0 aliphatic heterocycles. The van der Waals surface area contributed by atoms with Gasteiger partial charge in [0.05, 0.1) is 15.5 Å². The Morgan fingerprint density at radius 2 is 1.62 bits per heavy atom. The Labute approximate surface area is 144 Å². The highest BCUT2D eigenvalue weighted by Crippen LogP contribution is 2.42. The first-order chi connectivity index (χ1) is 11.0. The van der Waals surface area contributed by atoms with Crippen LogP contribution in [0.3, 0.4) is 0 Å². The molecule has 11 heteroatoms. The third kappa shape index (κ3) is 3.75. The van der Waals surface area contributed by atoms with Crippen molar-refractivity contribution in [3.63, 3.8) is 0 Å². The van der Waals surface area contributed by atoms with Gasteiger partial charge in [0.2, 0.25) is 5.75 Å². The van der Waals surface area contributed by atoms with Crippen molar-refractivity contribution in [2.45, 2.75) is 6.18 Å². The second kappa shape index (κ2) is 6.52. The number of halogens is 7. The van der Waals surface area contributed by atoms with Crippen LogP contribution in [-0.2, 0) is 6.18 Å². The average Bonchev–Trinajstić information content (AvgIpc) is 2.42. The van der Waals surface area contributed by atoms with Gasteiger partial charge in [0.25, 0.3) is 0 Å². The molecule has 0 atom stereocenters. The standard InChI is InChI=1S/C13H4BrClF5NO3/c14-6-3-7(15)11(10(4-6)21(22)23)24-12-8(16)1-5(2-9(12)17)13(18,19)20/h1-4H. The van der Waals surface area contributed by atoms with Crippen molar-refractivity contribution >= 4 is 33.2 Å². The fourth-order valence-electron chi connectivity index (χ4n) is 1.71. The van der Waals surface area contributed by atoms with Crippen molar-refractivity contribution in [1.82, 2.24) is 0 Å². The van der Waals surface area contributed by atoms with E-state index < -0.39 is 45.5 Å². The van der Waals surface area contributed by atoms with Crippen LogP contribution in [0.15, 0.2) is 28.7 Å². The highest BCUT2D eigenvalue weighted by Gasteiger charge is 2.33. The lowest BCUT2D eigenvalue weighted by Crippen LogP contribution is -2.07. The van der Waals surface area contributed by atoms with Crippen LogP contribution >= 0.6 is 27.5 Å². The number of hydrogen-bond acceptors (Lipinski definition) is 3. The minimum absolute atomic E-state index is 0.0109. The number of nitro benzene ring substituents is 1. The van der Waals surface area contributed by atoms with Crippen LogP contribution in [0.1, 0.15) is 5.56 Å². The molecule has 0 fully saturated rings. The highest BCUT2D eigenvalue weighted by molar-refractivity contribution is 9.10. The smallest absolute Gasteiger partial charge is 0.416 e. The Hall–Kier alpha value is -1.94. The Kier molecular flexibility index (Phi) is 5.00. The van der Waals surface area contributed by atoms with E-state index in [0.717, 1.165) is 12.1 Å². The fraction of sp³-hybridized carbons (Fsp3) is 0.0769. The summed E-state index contributed by atoms with van der Waals surface area (Å²) >= 11 is 8.70. The summed E-state index contributed by atoms with van der Waals surface area (Å²) in [5.41, 5.74) is -2.30. The largest absolute Gasteiger partial charge is 0.442 e. The van der Waals surface area contributed by atoms with Crippen molar-refractivity contribution < 1.29 is 31.6 Å². The molecule has 0 N–H and O–H groups in total. The molecular formula is C13H4BrClF5NO3. The SMILES string of the molecule is O=[N+]([O-])c1cc(Br)cc(Cl)c1Oc1c(F)cc(C(F)(F)F)cc1F. The monoisotopic (exact) mass is 431 g/mol. The van der Waals surface area contributed by atoms with E-state index in [1.54, 1.807) is 0 Å². The molecule has 0 aliphatic carbocycles. The molecule has 2 aromatic carbocycles. The minimum Gasteiger partial charge on any atom is -0.442 e. The lowest BCUT2D eigenvalue weighted by atomic mass is 10.2. The normalized spacial score (nSPS) is 11.5. The van der Waals surface area contributed by atoms with E-state index >= 15 is 0 Å². The maximum absolute atomic E-state index is 13.8. The second-order valence-electron chi connectivity index (χ2n) is 4.36. The Morgan fingerprint density at radius 1 is 1.08 bits per heavy atom. The number of hydrogen-bond donors (Lipinski definition) is 0. The van der Waals surface area contributed by atoms with Gasteiger partial charge in [-0.05, 0) is 18.2 Å². The van der Waals surface area contributed by atoms with Crippen LogP contribution in [0.2, 0.25) is 5.02 Å². The van der Waals surface area contributed by atoms with Crippen molar-refractivity contribution in [2.75, 3.05) is 0 Å².